The van der Waals surface area contributed by atoms with Gasteiger partial charge in [-0.3, -0.25) is 4.68 Å². The van der Waals surface area contributed by atoms with Gasteiger partial charge in [0.05, 0.1) is 5.69 Å². The molecule has 0 atom stereocenters. The molecule has 1 heterocycles. The molecular formula is C11H18N2. The zero-order valence-corrected chi connectivity index (χ0v) is 8.80. The van der Waals surface area contributed by atoms with Crippen molar-refractivity contribution >= 4 is 0 Å². The van der Waals surface area contributed by atoms with E-state index >= 15 is 0 Å². The summed E-state index contributed by atoms with van der Waals surface area (Å²) in [5.74, 6) is 0. The van der Waals surface area contributed by atoms with E-state index in [0.717, 1.165) is 0 Å². The van der Waals surface area contributed by atoms with Crippen molar-refractivity contribution < 1.29 is 0 Å². The molecule has 0 spiro atoms. The largest absolute Gasteiger partial charge is 0.267 e. The molecule has 2 heteroatoms. The summed E-state index contributed by atoms with van der Waals surface area (Å²) in [5.41, 5.74) is 4.28. The summed E-state index contributed by atoms with van der Waals surface area (Å²) in [6, 6.07) is 0.514. The predicted octanol–water partition coefficient (Wildman–Crippen LogP) is 2.65. The molecule has 1 aromatic heterocycles. The van der Waals surface area contributed by atoms with Gasteiger partial charge in [-0.25, -0.2) is 0 Å². The van der Waals surface area contributed by atoms with Crippen LogP contribution in [0.3, 0.4) is 0 Å². The van der Waals surface area contributed by atoms with Crippen LogP contribution in [0.15, 0.2) is 0 Å². The molecule has 0 saturated heterocycles. The number of hydrogen-bond acceptors (Lipinski definition) is 1. The van der Waals surface area contributed by atoms with Crippen LogP contribution in [0, 0.1) is 6.92 Å². The molecule has 13 heavy (non-hydrogen) atoms. The van der Waals surface area contributed by atoms with Crippen LogP contribution in [-0.4, -0.2) is 9.78 Å². The van der Waals surface area contributed by atoms with Crippen molar-refractivity contribution in [3.05, 3.63) is 17.0 Å². The maximum absolute atomic E-state index is 4.61. The van der Waals surface area contributed by atoms with Crippen LogP contribution < -0.4 is 0 Å². The average Bonchev–Trinajstić information content (AvgIpc) is 2.45. The summed E-state index contributed by atoms with van der Waals surface area (Å²) in [7, 11) is 0. The summed E-state index contributed by atoms with van der Waals surface area (Å²) in [5, 5.41) is 4.61. The van der Waals surface area contributed by atoms with E-state index in [2.05, 4.69) is 30.6 Å². The van der Waals surface area contributed by atoms with Crippen LogP contribution in [0.25, 0.3) is 0 Å². The minimum atomic E-state index is 0.514. The fourth-order valence-corrected chi connectivity index (χ4v) is 2.24. The third kappa shape index (κ3) is 1.38. The van der Waals surface area contributed by atoms with Crippen LogP contribution >= 0.6 is 0 Å². The fourth-order valence-electron chi connectivity index (χ4n) is 2.24. The molecule has 72 valence electrons. The van der Waals surface area contributed by atoms with Gasteiger partial charge in [-0.05, 0) is 52.0 Å². The van der Waals surface area contributed by atoms with Gasteiger partial charge in [0.15, 0.2) is 0 Å². The second-order valence-corrected chi connectivity index (χ2v) is 4.26. The van der Waals surface area contributed by atoms with Crippen molar-refractivity contribution in [2.24, 2.45) is 0 Å². The minimum absolute atomic E-state index is 0.514. The lowest BCUT2D eigenvalue weighted by atomic mass is 9.96. The van der Waals surface area contributed by atoms with Crippen LogP contribution in [-0.2, 0) is 12.8 Å². The highest BCUT2D eigenvalue weighted by atomic mass is 15.3. The van der Waals surface area contributed by atoms with Gasteiger partial charge in [-0.15, -0.1) is 0 Å². The Morgan fingerprint density at radius 1 is 1.23 bits per heavy atom. The van der Waals surface area contributed by atoms with Gasteiger partial charge in [0.2, 0.25) is 0 Å². The van der Waals surface area contributed by atoms with Crippen molar-refractivity contribution in [1.82, 2.24) is 9.78 Å². The molecule has 0 unspecified atom stereocenters. The van der Waals surface area contributed by atoms with Gasteiger partial charge < -0.3 is 0 Å². The first-order chi connectivity index (χ1) is 6.20. The normalized spacial score (nSPS) is 16.3. The number of aromatic nitrogens is 2. The Morgan fingerprint density at radius 3 is 2.62 bits per heavy atom. The molecule has 1 aromatic rings. The molecule has 0 saturated carbocycles. The van der Waals surface area contributed by atoms with Crippen LogP contribution in [0.1, 0.15) is 49.7 Å². The fraction of sp³-hybridized carbons (Fsp3) is 0.727. The minimum Gasteiger partial charge on any atom is -0.267 e. The first kappa shape index (κ1) is 8.79. The average molecular weight is 178 g/mol. The van der Waals surface area contributed by atoms with Crippen molar-refractivity contribution in [1.29, 1.82) is 0 Å². The highest BCUT2D eigenvalue weighted by Gasteiger charge is 2.19. The summed E-state index contributed by atoms with van der Waals surface area (Å²) in [4.78, 5) is 0. The van der Waals surface area contributed by atoms with E-state index in [1.54, 1.807) is 0 Å². The summed E-state index contributed by atoms with van der Waals surface area (Å²) in [6.07, 6.45) is 5.16. The van der Waals surface area contributed by atoms with E-state index in [0.29, 0.717) is 6.04 Å². The molecule has 0 aliphatic heterocycles. The SMILES string of the molecule is Cc1nn(C(C)C)c2c1CCCC2. The second-order valence-electron chi connectivity index (χ2n) is 4.26. The summed E-state index contributed by atoms with van der Waals surface area (Å²) >= 11 is 0. The number of fused-ring (bicyclic) bond motifs is 1. The Hall–Kier alpha value is -0.790. The van der Waals surface area contributed by atoms with E-state index < -0.39 is 0 Å². The lowest BCUT2D eigenvalue weighted by molar-refractivity contribution is 0.493. The van der Waals surface area contributed by atoms with Crippen molar-refractivity contribution in [3.63, 3.8) is 0 Å². The predicted molar refractivity (Wildman–Crippen MR) is 54.0 cm³/mol. The van der Waals surface area contributed by atoms with E-state index in [-0.39, 0.29) is 0 Å². The maximum Gasteiger partial charge on any atom is 0.0628 e. The lowest BCUT2D eigenvalue weighted by Crippen LogP contribution is -2.11. The van der Waals surface area contributed by atoms with Gasteiger partial charge in [-0.2, -0.15) is 5.10 Å². The Bertz CT molecular complexity index is 310. The molecular weight excluding hydrogens is 160 g/mol. The molecule has 0 N–H and O–H groups in total. The molecule has 1 aliphatic rings. The summed E-state index contributed by atoms with van der Waals surface area (Å²) in [6.45, 7) is 6.56. The van der Waals surface area contributed by atoms with Crippen LogP contribution in [0.5, 0.6) is 0 Å². The number of aryl methyl sites for hydroxylation is 1. The lowest BCUT2D eigenvalue weighted by Gasteiger charge is -2.15. The Labute approximate surface area is 80.0 Å². The third-order valence-corrected chi connectivity index (χ3v) is 2.90. The molecule has 0 aromatic carbocycles. The van der Waals surface area contributed by atoms with Crippen molar-refractivity contribution in [2.45, 2.75) is 52.5 Å². The van der Waals surface area contributed by atoms with Crippen molar-refractivity contribution in [2.75, 3.05) is 0 Å². The highest BCUT2D eigenvalue weighted by molar-refractivity contribution is 5.28. The number of hydrogen-bond donors (Lipinski definition) is 0. The molecule has 0 bridgehead atoms. The molecule has 1 aliphatic carbocycles. The Morgan fingerprint density at radius 2 is 1.92 bits per heavy atom. The Kier molecular flexibility index (Phi) is 2.14. The first-order valence-corrected chi connectivity index (χ1v) is 5.27. The second kappa shape index (κ2) is 3.17. The van der Waals surface area contributed by atoms with Gasteiger partial charge in [0, 0.05) is 11.7 Å². The zero-order chi connectivity index (χ0) is 9.42. The van der Waals surface area contributed by atoms with Gasteiger partial charge >= 0.3 is 0 Å². The van der Waals surface area contributed by atoms with Gasteiger partial charge in [0.1, 0.15) is 0 Å². The van der Waals surface area contributed by atoms with Crippen molar-refractivity contribution in [3.8, 4) is 0 Å². The smallest absolute Gasteiger partial charge is 0.0628 e. The standard InChI is InChI=1S/C11H18N2/c1-8(2)13-11-7-5-4-6-10(11)9(3)12-13/h8H,4-7H2,1-3H3. The van der Waals surface area contributed by atoms with E-state index in [1.165, 1.54) is 42.6 Å². The molecule has 0 amide bonds. The van der Waals surface area contributed by atoms with Crippen LogP contribution in [0.4, 0.5) is 0 Å². The molecule has 2 rings (SSSR count). The van der Waals surface area contributed by atoms with Gasteiger partial charge in [0.25, 0.3) is 0 Å². The zero-order valence-electron chi connectivity index (χ0n) is 8.80. The van der Waals surface area contributed by atoms with Crippen LogP contribution in [0.2, 0.25) is 0 Å². The highest BCUT2D eigenvalue weighted by Crippen LogP contribution is 2.25. The van der Waals surface area contributed by atoms with E-state index in [9.17, 15) is 0 Å². The number of rotatable bonds is 1. The maximum atomic E-state index is 4.61. The first-order valence-electron chi connectivity index (χ1n) is 5.27. The quantitative estimate of drug-likeness (QED) is 0.646. The molecule has 0 radical (unpaired) electrons. The monoisotopic (exact) mass is 178 g/mol. The molecule has 0 fully saturated rings. The van der Waals surface area contributed by atoms with Gasteiger partial charge in [-0.1, -0.05) is 0 Å². The third-order valence-electron chi connectivity index (χ3n) is 2.90. The van der Waals surface area contributed by atoms with E-state index in [4.69, 9.17) is 0 Å². The summed E-state index contributed by atoms with van der Waals surface area (Å²) < 4.78 is 2.21. The van der Waals surface area contributed by atoms with E-state index in [1.807, 2.05) is 0 Å². The molecule has 2 nitrogen and oxygen atoms in total. The number of nitrogens with zero attached hydrogens (tertiary/aromatic N) is 2. The Balaban J connectivity index is 2.47. The topological polar surface area (TPSA) is 17.8 Å².